The lowest BCUT2D eigenvalue weighted by atomic mass is 10.0. The van der Waals surface area contributed by atoms with Crippen LogP contribution in [0.3, 0.4) is 0 Å². The molecule has 0 atom stereocenters. The van der Waals surface area contributed by atoms with Crippen molar-refractivity contribution in [1.29, 1.82) is 0 Å². The van der Waals surface area contributed by atoms with E-state index in [1.54, 1.807) is 18.2 Å². The number of carbonyl (C=O) groups is 1. The molecule has 27 heavy (non-hydrogen) atoms. The van der Waals surface area contributed by atoms with E-state index < -0.39 is 10.0 Å². The zero-order chi connectivity index (χ0) is 19.3. The molecular weight excluding hydrogens is 367 g/mol. The fraction of sp³-hybridized carbons (Fsp3) is 0.350. The summed E-state index contributed by atoms with van der Waals surface area (Å²) >= 11 is 0. The van der Waals surface area contributed by atoms with Gasteiger partial charge in [0.2, 0.25) is 15.9 Å². The molecule has 1 aliphatic rings. The first-order valence-corrected chi connectivity index (χ1v) is 10.6. The molecule has 0 bridgehead atoms. The van der Waals surface area contributed by atoms with Crippen LogP contribution < -0.4 is 5.32 Å². The monoisotopic (exact) mass is 390 g/mol. The minimum absolute atomic E-state index is 0.0995. The molecule has 3 rings (SSSR count). The van der Waals surface area contributed by atoms with Gasteiger partial charge in [0.25, 0.3) is 0 Å². The molecule has 0 saturated heterocycles. The summed E-state index contributed by atoms with van der Waals surface area (Å²) in [6, 6.07) is 14.2. The van der Waals surface area contributed by atoms with Crippen molar-refractivity contribution in [2.24, 2.45) is 0 Å². The van der Waals surface area contributed by atoms with Gasteiger partial charge in [0, 0.05) is 26.1 Å². The second-order valence-electron chi connectivity index (χ2n) is 6.61. The summed E-state index contributed by atoms with van der Waals surface area (Å²) in [6.07, 6.45) is 0.954. The minimum atomic E-state index is -3.49. The number of amides is 1. The largest absolute Gasteiger partial charge is 0.356 e. The highest BCUT2D eigenvalue weighted by molar-refractivity contribution is 7.89. The van der Waals surface area contributed by atoms with Crippen LogP contribution in [0, 0.1) is 5.82 Å². The van der Waals surface area contributed by atoms with E-state index in [9.17, 15) is 17.6 Å². The lowest BCUT2D eigenvalue weighted by molar-refractivity contribution is -0.120. The number of halogens is 1. The average Bonchev–Trinajstić information content (AvgIpc) is 2.67. The molecule has 0 spiro atoms. The molecule has 2 aromatic carbocycles. The van der Waals surface area contributed by atoms with E-state index in [0.717, 1.165) is 5.56 Å². The Kier molecular flexibility index (Phi) is 6.23. The van der Waals surface area contributed by atoms with Crippen molar-refractivity contribution < 1.29 is 17.6 Å². The van der Waals surface area contributed by atoms with Crippen LogP contribution in [0.1, 0.15) is 23.1 Å². The standard InChI is InChI=1S/C20H23FN2O3S/c21-19-8-4-3-6-17(19)9-12-22-20(24)11-14-27(25,26)23-13-10-16-5-1-2-7-18(16)15-23/h1-8H,9-15H2,(H,22,24). The molecule has 1 N–H and O–H groups in total. The molecule has 0 radical (unpaired) electrons. The molecule has 0 unspecified atom stereocenters. The van der Waals surface area contributed by atoms with Crippen LogP contribution in [0.4, 0.5) is 4.39 Å². The third-order valence-electron chi connectivity index (χ3n) is 4.75. The van der Waals surface area contributed by atoms with Gasteiger partial charge in [-0.2, -0.15) is 4.31 Å². The van der Waals surface area contributed by atoms with E-state index in [-0.39, 0.29) is 30.4 Å². The number of nitrogens with one attached hydrogen (secondary N) is 1. The van der Waals surface area contributed by atoms with Crippen molar-refractivity contribution in [3.63, 3.8) is 0 Å². The van der Waals surface area contributed by atoms with Crippen molar-refractivity contribution in [2.45, 2.75) is 25.8 Å². The van der Waals surface area contributed by atoms with Gasteiger partial charge in [0.1, 0.15) is 5.82 Å². The third kappa shape index (κ3) is 5.14. The van der Waals surface area contributed by atoms with Crippen LogP contribution in [0.15, 0.2) is 48.5 Å². The zero-order valence-electron chi connectivity index (χ0n) is 15.0. The molecule has 2 aromatic rings. The van der Waals surface area contributed by atoms with Gasteiger partial charge in [-0.15, -0.1) is 0 Å². The molecule has 1 aliphatic heterocycles. The van der Waals surface area contributed by atoms with E-state index >= 15 is 0 Å². The molecule has 5 nitrogen and oxygen atoms in total. The van der Waals surface area contributed by atoms with Crippen molar-refractivity contribution in [1.82, 2.24) is 9.62 Å². The summed E-state index contributed by atoms with van der Waals surface area (Å²) in [5.74, 6) is -0.868. The summed E-state index contributed by atoms with van der Waals surface area (Å²) in [7, 11) is -3.49. The first-order valence-electron chi connectivity index (χ1n) is 9.00. The normalized spacial score (nSPS) is 14.6. The summed E-state index contributed by atoms with van der Waals surface area (Å²) in [4.78, 5) is 12.0. The summed E-state index contributed by atoms with van der Waals surface area (Å²) in [6.45, 7) is 1.07. The van der Waals surface area contributed by atoms with Crippen LogP contribution in [-0.2, 0) is 34.2 Å². The fourth-order valence-corrected chi connectivity index (χ4v) is 4.59. The van der Waals surface area contributed by atoms with Gasteiger partial charge in [-0.3, -0.25) is 4.79 Å². The maximum absolute atomic E-state index is 13.5. The number of hydrogen-bond acceptors (Lipinski definition) is 3. The van der Waals surface area contributed by atoms with E-state index in [4.69, 9.17) is 0 Å². The highest BCUT2D eigenvalue weighted by Gasteiger charge is 2.26. The van der Waals surface area contributed by atoms with Crippen LogP contribution in [0.25, 0.3) is 0 Å². The van der Waals surface area contributed by atoms with Crippen molar-refractivity contribution in [2.75, 3.05) is 18.8 Å². The van der Waals surface area contributed by atoms with Gasteiger partial charge in [-0.1, -0.05) is 42.5 Å². The lowest BCUT2D eigenvalue weighted by Crippen LogP contribution is -2.38. The molecule has 0 aliphatic carbocycles. The quantitative estimate of drug-likeness (QED) is 0.789. The number of nitrogens with zero attached hydrogens (tertiary/aromatic N) is 1. The maximum atomic E-state index is 13.5. The first kappa shape index (κ1) is 19.5. The number of fused-ring (bicyclic) bond motifs is 1. The van der Waals surface area contributed by atoms with Crippen LogP contribution in [0.5, 0.6) is 0 Å². The fourth-order valence-electron chi connectivity index (χ4n) is 3.18. The maximum Gasteiger partial charge on any atom is 0.221 e. The predicted octanol–water partition coefficient (Wildman–Crippen LogP) is 2.26. The van der Waals surface area contributed by atoms with Gasteiger partial charge >= 0.3 is 0 Å². The average molecular weight is 390 g/mol. The number of hydrogen-bond donors (Lipinski definition) is 1. The Labute approximate surface area is 159 Å². The topological polar surface area (TPSA) is 66.5 Å². The van der Waals surface area contributed by atoms with E-state index in [1.807, 2.05) is 24.3 Å². The lowest BCUT2D eigenvalue weighted by Gasteiger charge is -2.28. The Morgan fingerprint density at radius 1 is 1.07 bits per heavy atom. The van der Waals surface area contributed by atoms with Crippen molar-refractivity contribution in [3.05, 3.63) is 71.0 Å². The van der Waals surface area contributed by atoms with Crippen molar-refractivity contribution >= 4 is 15.9 Å². The van der Waals surface area contributed by atoms with Gasteiger partial charge in [-0.05, 0) is 35.6 Å². The number of benzene rings is 2. The van der Waals surface area contributed by atoms with Gasteiger partial charge < -0.3 is 5.32 Å². The van der Waals surface area contributed by atoms with E-state index in [1.165, 1.54) is 15.9 Å². The second kappa shape index (κ2) is 8.63. The van der Waals surface area contributed by atoms with E-state index in [0.29, 0.717) is 31.5 Å². The van der Waals surface area contributed by atoms with Gasteiger partial charge in [-0.25, -0.2) is 12.8 Å². The molecule has 0 fully saturated rings. The van der Waals surface area contributed by atoms with E-state index in [2.05, 4.69) is 5.32 Å². The molecule has 0 saturated carbocycles. The van der Waals surface area contributed by atoms with Crippen LogP contribution in [0.2, 0.25) is 0 Å². The Morgan fingerprint density at radius 2 is 1.78 bits per heavy atom. The highest BCUT2D eigenvalue weighted by Crippen LogP contribution is 2.21. The van der Waals surface area contributed by atoms with Crippen molar-refractivity contribution in [3.8, 4) is 0 Å². The first-order chi connectivity index (χ1) is 13.0. The van der Waals surface area contributed by atoms with Crippen LogP contribution in [-0.4, -0.2) is 37.5 Å². The predicted molar refractivity (Wildman–Crippen MR) is 102 cm³/mol. The summed E-state index contributed by atoms with van der Waals surface area (Å²) in [5, 5.41) is 2.66. The summed E-state index contributed by atoms with van der Waals surface area (Å²) < 4.78 is 40.1. The Hall–Kier alpha value is -2.25. The highest BCUT2D eigenvalue weighted by atomic mass is 32.2. The molecule has 144 valence electrons. The second-order valence-corrected chi connectivity index (χ2v) is 8.70. The Balaban J connectivity index is 1.46. The Morgan fingerprint density at radius 3 is 2.56 bits per heavy atom. The number of sulfonamides is 1. The van der Waals surface area contributed by atoms with Gasteiger partial charge in [0.15, 0.2) is 0 Å². The van der Waals surface area contributed by atoms with Crippen LogP contribution >= 0.6 is 0 Å². The Bertz CT molecular complexity index is 915. The number of rotatable bonds is 7. The molecule has 1 amide bonds. The SMILES string of the molecule is O=C(CCS(=O)(=O)N1CCc2ccccc2C1)NCCc1ccccc1F. The zero-order valence-corrected chi connectivity index (χ0v) is 15.8. The summed E-state index contributed by atoms with van der Waals surface area (Å²) in [5.41, 5.74) is 2.72. The minimum Gasteiger partial charge on any atom is -0.356 e. The van der Waals surface area contributed by atoms with Gasteiger partial charge in [0.05, 0.1) is 5.75 Å². The third-order valence-corrected chi connectivity index (χ3v) is 6.57. The molecule has 0 aromatic heterocycles. The molecular formula is C20H23FN2O3S. The molecule has 7 heteroatoms. The smallest absolute Gasteiger partial charge is 0.221 e. The molecule has 1 heterocycles. The number of carbonyl (C=O) groups excluding carboxylic acids is 1.